The number of rotatable bonds is 6. The Labute approximate surface area is 190 Å². The molecule has 29 heavy (non-hydrogen) atoms. The molecule has 1 amide bonds. The van der Waals surface area contributed by atoms with Crippen LogP contribution in [0.15, 0.2) is 23.2 Å². The van der Waals surface area contributed by atoms with Crippen LogP contribution in [0.5, 0.6) is 11.5 Å². The molecule has 0 atom stereocenters. The van der Waals surface area contributed by atoms with Gasteiger partial charge in [-0.15, -0.1) is 24.0 Å². The molecular weight excluding hydrogens is 487 g/mol. The summed E-state index contributed by atoms with van der Waals surface area (Å²) in [7, 11) is 3.25. The summed E-state index contributed by atoms with van der Waals surface area (Å²) in [5.41, 5.74) is 0.480. The Balaban J connectivity index is 0.00000420. The first-order chi connectivity index (χ1) is 13.3. The Morgan fingerprint density at radius 1 is 1.24 bits per heavy atom. The van der Waals surface area contributed by atoms with Gasteiger partial charge in [0.15, 0.2) is 5.96 Å². The zero-order valence-electron chi connectivity index (χ0n) is 18.1. The highest BCUT2D eigenvalue weighted by Gasteiger charge is 2.34. The minimum Gasteiger partial charge on any atom is -0.497 e. The average Bonchev–Trinajstić information content (AvgIpc) is 2.60. The van der Waals surface area contributed by atoms with Gasteiger partial charge in [0, 0.05) is 31.3 Å². The van der Waals surface area contributed by atoms with Crippen molar-refractivity contribution in [3.05, 3.63) is 23.8 Å². The van der Waals surface area contributed by atoms with Gasteiger partial charge in [0.1, 0.15) is 17.1 Å². The van der Waals surface area contributed by atoms with E-state index in [1.54, 1.807) is 19.1 Å². The van der Waals surface area contributed by atoms with E-state index in [2.05, 4.69) is 15.6 Å². The van der Waals surface area contributed by atoms with Crippen molar-refractivity contribution < 1.29 is 19.0 Å². The lowest BCUT2D eigenvalue weighted by atomic mass is 10.1. The number of amides is 1. The van der Waals surface area contributed by atoms with Crippen LogP contribution in [0.2, 0.25) is 0 Å². The van der Waals surface area contributed by atoms with E-state index in [-0.39, 0.29) is 36.1 Å². The molecule has 1 aliphatic heterocycles. The first-order valence-corrected chi connectivity index (χ1v) is 9.49. The molecule has 1 aliphatic rings. The van der Waals surface area contributed by atoms with Gasteiger partial charge in [0.05, 0.1) is 26.8 Å². The summed E-state index contributed by atoms with van der Waals surface area (Å²) >= 11 is 0. The van der Waals surface area contributed by atoms with E-state index >= 15 is 0 Å². The fourth-order valence-electron chi connectivity index (χ4n) is 2.71. The van der Waals surface area contributed by atoms with E-state index in [9.17, 15) is 4.79 Å². The summed E-state index contributed by atoms with van der Waals surface area (Å²) in [6.45, 7) is 9.99. The van der Waals surface area contributed by atoms with Crippen LogP contribution in [0.1, 0.15) is 33.3 Å². The molecule has 0 aliphatic carbocycles. The van der Waals surface area contributed by atoms with E-state index < -0.39 is 5.60 Å². The second-order valence-corrected chi connectivity index (χ2v) is 7.60. The average molecular weight is 520 g/mol. The fraction of sp³-hybridized carbons (Fsp3) is 0.600. The van der Waals surface area contributed by atoms with Crippen molar-refractivity contribution in [2.75, 3.05) is 33.9 Å². The maximum absolute atomic E-state index is 12.0. The Bertz CT molecular complexity index is 700. The highest BCUT2D eigenvalue weighted by atomic mass is 127. The Morgan fingerprint density at radius 3 is 2.48 bits per heavy atom. The molecule has 9 heteroatoms. The second kappa shape index (κ2) is 11.3. The van der Waals surface area contributed by atoms with Gasteiger partial charge in [-0.3, -0.25) is 0 Å². The summed E-state index contributed by atoms with van der Waals surface area (Å²) in [6.07, 6.45) is -0.282. The molecule has 2 N–H and O–H groups in total. The summed E-state index contributed by atoms with van der Waals surface area (Å²) in [6, 6.07) is 5.81. The molecular formula is C20H33IN4O4. The fourth-order valence-corrected chi connectivity index (χ4v) is 2.71. The van der Waals surface area contributed by atoms with Crippen LogP contribution in [-0.2, 0) is 11.3 Å². The SMILES string of the molecule is CCNC(=NCc1ccc(OC)cc1OC)NC1CN(C(=O)OC(C)(C)C)C1.I. The molecule has 0 bridgehead atoms. The Morgan fingerprint density at radius 2 is 1.93 bits per heavy atom. The lowest BCUT2D eigenvalue weighted by Crippen LogP contribution is -2.63. The van der Waals surface area contributed by atoms with Crippen LogP contribution >= 0.6 is 24.0 Å². The quantitative estimate of drug-likeness (QED) is 0.341. The van der Waals surface area contributed by atoms with Crippen LogP contribution in [0.4, 0.5) is 4.79 Å². The summed E-state index contributed by atoms with van der Waals surface area (Å²) < 4.78 is 16.0. The van der Waals surface area contributed by atoms with Crippen LogP contribution in [-0.4, -0.2) is 62.4 Å². The monoisotopic (exact) mass is 520 g/mol. The number of hydrogen-bond acceptors (Lipinski definition) is 5. The third kappa shape index (κ3) is 7.79. The number of carbonyl (C=O) groups excluding carboxylic acids is 1. The van der Waals surface area contributed by atoms with Crippen LogP contribution < -0.4 is 20.1 Å². The number of methoxy groups -OCH3 is 2. The molecule has 1 aromatic rings. The number of likely N-dealkylation sites (tertiary alicyclic amines) is 1. The van der Waals surface area contributed by atoms with Gasteiger partial charge in [-0.1, -0.05) is 0 Å². The first-order valence-electron chi connectivity index (χ1n) is 9.49. The molecule has 1 aromatic carbocycles. The molecule has 0 radical (unpaired) electrons. The number of guanidine groups is 1. The lowest BCUT2D eigenvalue weighted by Gasteiger charge is -2.40. The molecule has 1 fully saturated rings. The minimum absolute atomic E-state index is 0. The largest absolute Gasteiger partial charge is 0.497 e. The van der Waals surface area contributed by atoms with Gasteiger partial charge < -0.3 is 29.7 Å². The van der Waals surface area contributed by atoms with Gasteiger partial charge in [0.2, 0.25) is 0 Å². The topological polar surface area (TPSA) is 84.4 Å². The molecule has 0 spiro atoms. The first kappa shape index (κ1) is 25.1. The van der Waals surface area contributed by atoms with Gasteiger partial charge in [0.25, 0.3) is 0 Å². The maximum Gasteiger partial charge on any atom is 0.410 e. The number of nitrogens with zero attached hydrogens (tertiary/aromatic N) is 2. The third-order valence-electron chi connectivity index (χ3n) is 4.12. The summed E-state index contributed by atoms with van der Waals surface area (Å²) in [5, 5.41) is 6.59. The zero-order chi connectivity index (χ0) is 20.7. The Hall–Kier alpha value is -1.91. The lowest BCUT2D eigenvalue weighted by molar-refractivity contribution is 0.00700. The van der Waals surface area contributed by atoms with E-state index in [0.717, 1.165) is 23.6 Å². The molecule has 1 saturated heterocycles. The molecule has 0 aromatic heterocycles. The molecule has 0 unspecified atom stereocenters. The maximum atomic E-state index is 12.0. The van der Waals surface area contributed by atoms with Crippen molar-refractivity contribution in [3.8, 4) is 11.5 Å². The van der Waals surface area contributed by atoms with E-state index in [0.29, 0.717) is 25.6 Å². The highest BCUT2D eigenvalue weighted by Crippen LogP contribution is 2.25. The zero-order valence-corrected chi connectivity index (χ0v) is 20.4. The molecule has 1 heterocycles. The van der Waals surface area contributed by atoms with Crippen LogP contribution in [0.3, 0.4) is 0 Å². The minimum atomic E-state index is -0.483. The number of carbonyl (C=O) groups is 1. The smallest absolute Gasteiger partial charge is 0.410 e. The standard InChI is InChI=1S/C20H32N4O4.HI/c1-7-21-18(22-11-14-8-9-16(26-5)10-17(14)27-6)23-15-12-24(13-15)19(25)28-20(2,3)4;/h8-10,15H,7,11-13H2,1-6H3,(H2,21,22,23);1H. The van der Waals surface area contributed by atoms with E-state index in [1.807, 2.05) is 45.9 Å². The third-order valence-corrected chi connectivity index (χ3v) is 4.12. The molecule has 164 valence electrons. The van der Waals surface area contributed by atoms with Crippen molar-refractivity contribution in [1.29, 1.82) is 0 Å². The predicted octanol–water partition coefficient (Wildman–Crippen LogP) is 3.00. The normalized spacial score (nSPS) is 14.4. The van der Waals surface area contributed by atoms with Crippen molar-refractivity contribution in [2.45, 2.75) is 45.9 Å². The van der Waals surface area contributed by atoms with Gasteiger partial charge in [-0.25, -0.2) is 9.79 Å². The number of nitrogens with one attached hydrogen (secondary N) is 2. The molecule has 0 saturated carbocycles. The predicted molar refractivity (Wildman–Crippen MR) is 125 cm³/mol. The second-order valence-electron chi connectivity index (χ2n) is 7.60. The van der Waals surface area contributed by atoms with Crippen molar-refractivity contribution in [2.24, 2.45) is 4.99 Å². The summed E-state index contributed by atoms with van der Waals surface area (Å²) in [5.74, 6) is 2.18. The van der Waals surface area contributed by atoms with Crippen molar-refractivity contribution in [1.82, 2.24) is 15.5 Å². The van der Waals surface area contributed by atoms with Gasteiger partial charge >= 0.3 is 6.09 Å². The number of ether oxygens (including phenoxy) is 3. The van der Waals surface area contributed by atoms with Crippen molar-refractivity contribution in [3.63, 3.8) is 0 Å². The number of benzene rings is 1. The summed E-state index contributed by atoms with van der Waals surface area (Å²) in [4.78, 5) is 18.4. The van der Waals surface area contributed by atoms with Crippen LogP contribution in [0, 0.1) is 0 Å². The number of halogens is 1. The molecule has 2 rings (SSSR count). The Kier molecular flexibility index (Phi) is 9.81. The molecule has 8 nitrogen and oxygen atoms in total. The van der Waals surface area contributed by atoms with Crippen molar-refractivity contribution >= 4 is 36.0 Å². The van der Waals surface area contributed by atoms with Crippen LogP contribution in [0.25, 0.3) is 0 Å². The van der Waals surface area contributed by atoms with E-state index in [1.165, 1.54) is 0 Å². The number of hydrogen-bond donors (Lipinski definition) is 2. The van der Waals surface area contributed by atoms with Gasteiger partial charge in [-0.2, -0.15) is 0 Å². The highest BCUT2D eigenvalue weighted by molar-refractivity contribution is 14.0. The number of aliphatic imine (C=N–C) groups is 1. The van der Waals surface area contributed by atoms with Gasteiger partial charge in [-0.05, 0) is 39.8 Å². The van der Waals surface area contributed by atoms with E-state index in [4.69, 9.17) is 14.2 Å².